The molecule has 0 bridgehead atoms. The summed E-state index contributed by atoms with van der Waals surface area (Å²) in [5.74, 6) is -1.85. The van der Waals surface area contributed by atoms with Gasteiger partial charge < -0.3 is 4.90 Å². The van der Waals surface area contributed by atoms with E-state index in [1.165, 1.54) is 30.1 Å². The number of carbonyl (C=O) groups excluding carboxylic acids is 3. The highest BCUT2D eigenvalue weighted by Gasteiger charge is 2.36. The van der Waals surface area contributed by atoms with Crippen molar-refractivity contribution < 1.29 is 18.8 Å². The summed E-state index contributed by atoms with van der Waals surface area (Å²) in [7, 11) is 1.47. The van der Waals surface area contributed by atoms with Crippen molar-refractivity contribution in [2.45, 2.75) is 0 Å². The Hall–Kier alpha value is -3.80. The first kappa shape index (κ1) is 17.6. The average Bonchev–Trinajstić information content (AvgIpc) is 2.98. The van der Waals surface area contributed by atoms with Crippen molar-refractivity contribution in [1.82, 2.24) is 0 Å². The van der Waals surface area contributed by atoms with Crippen LogP contribution in [-0.2, 0) is 0 Å². The standard InChI is InChI=1S/C22H15FN2O3/c1-24(19-12-5-4-11-18(19)23)20(26)14-7-6-8-15(13-14)25-21(27)16-9-2-3-10-17(16)22(25)28/h2-13H,1H3. The van der Waals surface area contributed by atoms with Crippen LogP contribution < -0.4 is 9.80 Å². The number of halogens is 1. The average molecular weight is 374 g/mol. The van der Waals surface area contributed by atoms with Crippen LogP contribution in [-0.4, -0.2) is 24.8 Å². The first-order valence-electron chi connectivity index (χ1n) is 8.59. The van der Waals surface area contributed by atoms with Gasteiger partial charge in [-0.1, -0.05) is 30.3 Å². The fourth-order valence-electron chi connectivity index (χ4n) is 3.23. The molecule has 5 nitrogen and oxygen atoms in total. The molecule has 0 atom stereocenters. The Morgan fingerprint density at radius 3 is 2.11 bits per heavy atom. The van der Waals surface area contributed by atoms with Gasteiger partial charge >= 0.3 is 0 Å². The van der Waals surface area contributed by atoms with Crippen molar-refractivity contribution in [2.24, 2.45) is 0 Å². The monoisotopic (exact) mass is 374 g/mol. The number of fused-ring (bicyclic) bond motifs is 1. The van der Waals surface area contributed by atoms with E-state index in [9.17, 15) is 18.8 Å². The summed E-state index contributed by atoms with van der Waals surface area (Å²) in [6.07, 6.45) is 0. The Morgan fingerprint density at radius 1 is 0.857 bits per heavy atom. The number of benzene rings is 3. The maximum atomic E-state index is 14.0. The zero-order chi connectivity index (χ0) is 19.8. The van der Waals surface area contributed by atoms with Gasteiger partial charge in [0, 0.05) is 12.6 Å². The molecular formula is C22H15FN2O3. The predicted molar refractivity (Wildman–Crippen MR) is 103 cm³/mol. The van der Waals surface area contributed by atoms with E-state index in [0.717, 1.165) is 4.90 Å². The molecular weight excluding hydrogens is 359 g/mol. The molecule has 0 aliphatic carbocycles. The number of hydrogen-bond acceptors (Lipinski definition) is 3. The molecule has 6 heteroatoms. The normalized spacial score (nSPS) is 12.9. The number of para-hydroxylation sites is 1. The minimum absolute atomic E-state index is 0.138. The largest absolute Gasteiger partial charge is 0.309 e. The number of rotatable bonds is 3. The molecule has 0 radical (unpaired) electrons. The zero-order valence-electron chi connectivity index (χ0n) is 14.9. The van der Waals surface area contributed by atoms with Gasteiger partial charge in [0.05, 0.1) is 22.5 Å². The van der Waals surface area contributed by atoms with Crippen LogP contribution in [0.15, 0.2) is 72.8 Å². The van der Waals surface area contributed by atoms with Crippen molar-refractivity contribution in [3.63, 3.8) is 0 Å². The van der Waals surface area contributed by atoms with Gasteiger partial charge in [-0.3, -0.25) is 14.4 Å². The first-order valence-corrected chi connectivity index (χ1v) is 8.59. The van der Waals surface area contributed by atoms with Crippen LogP contribution >= 0.6 is 0 Å². The van der Waals surface area contributed by atoms with Gasteiger partial charge in [0.15, 0.2) is 0 Å². The highest BCUT2D eigenvalue weighted by atomic mass is 19.1. The van der Waals surface area contributed by atoms with Gasteiger partial charge in [-0.25, -0.2) is 9.29 Å². The molecule has 3 amide bonds. The fraction of sp³-hybridized carbons (Fsp3) is 0.0455. The number of amides is 3. The van der Waals surface area contributed by atoms with E-state index in [-0.39, 0.29) is 11.3 Å². The lowest BCUT2D eigenvalue weighted by Gasteiger charge is -2.19. The van der Waals surface area contributed by atoms with E-state index in [1.807, 2.05) is 0 Å². The summed E-state index contributed by atoms with van der Waals surface area (Å²) < 4.78 is 14.0. The van der Waals surface area contributed by atoms with Crippen LogP contribution in [0.5, 0.6) is 0 Å². The second-order valence-corrected chi connectivity index (χ2v) is 6.36. The Labute approximate surface area is 160 Å². The summed E-state index contributed by atoms with van der Waals surface area (Å²) in [5.41, 5.74) is 1.32. The summed E-state index contributed by atoms with van der Waals surface area (Å²) in [6, 6.07) is 18.7. The molecule has 0 N–H and O–H groups in total. The zero-order valence-corrected chi connectivity index (χ0v) is 14.9. The second kappa shape index (κ2) is 6.74. The summed E-state index contributed by atoms with van der Waals surface area (Å²) in [5, 5.41) is 0. The highest BCUT2D eigenvalue weighted by molar-refractivity contribution is 6.34. The second-order valence-electron chi connectivity index (χ2n) is 6.36. The molecule has 0 saturated carbocycles. The van der Waals surface area contributed by atoms with Crippen molar-refractivity contribution >= 4 is 29.1 Å². The van der Waals surface area contributed by atoms with E-state index in [1.54, 1.807) is 54.6 Å². The van der Waals surface area contributed by atoms with E-state index < -0.39 is 23.5 Å². The van der Waals surface area contributed by atoms with Crippen molar-refractivity contribution in [1.29, 1.82) is 0 Å². The third-order valence-electron chi connectivity index (χ3n) is 4.66. The van der Waals surface area contributed by atoms with Gasteiger partial charge in [0.25, 0.3) is 17.7 Å². The minimum atomic E-state index is -0.519. The quantitative estimate of drug-likeness (QED) is 0.654. The Kier molecular flexibility index (Phi) is 4.24. The van der Waals surface area contributed by atoms with Crippen LogP contribution in [0, 0.1) is 5.82 Å². The van der Waals surface area contributed by atoms with Crippen LogP contribution in [0.25, 0.3) is 0 Å². The van der Waals surface area contributed by atoms with Gasteiger partial charge in [0.2, 0.25) is 0 Å². The van der Waals surface area contributed by atoms with Gasteiger partial charge in [-0.15, -0.1) is 0 Å². The van der Waals surface area contributed by atoms with Gasteiger partial charge in [-0.2, -0.15) is 0 Å². The summed E-state index contributed by atoms with van der Waals surface area (Å²) in [6.45, 7) is 0. The van der Waals surface area contributed by atoms with E-state index >= 15 is 0 Å². The SMILES string of the molecule is CN(C(=O)c1cccc(N2C(=O)c3ccccc3C2=O)c1)c1ccccc1F. The van der Waals surface area contributed by atoms with Crippen molar-refractivity contribution in [2.75, 3.05) is 16.8 Å². The van der Waals surface area contributed by atoms with Gasteiger partial charge in [-0.05, 0) is 42.5 Å². The minimum Gasteiger partial charge on any atom is -0.309 e. The van der Waals surface area contributed by atoms with E-state index in [4.69, 9.17) is 0 Å². The molecule has 1 aliphatic rings. The first-order chi connectivity index (χ1) is 13.5. The molecule has 0 unspecified atom stereocenters. The van der Waals surface area contributed by atoms with Crippen LogP contribution in [0.2, 0.25) is 0 Å². The highest BCUT2D eigenvalue weighted by Crippen LogP contribution is 2.29. The molecule has 3 aromatic rings. The maximum Gasteiger partial charge on any atom is 0.266 e. The molecule has 28 heavy (non-hydrogen) atoms. The Morgan fingerprint density at radius 2 is 1.46 bits per heavy atom. The predicted octanol–water partition coefficient (Wildman–Crippen LogP) is 3.90. The molecule has 0 fully saturated rings. The van der Waals surface area contributed by atoms with Crippen molar-refractivity contribution in [3.05, 3.63) is 95.3 Å². The number of hydrogen-bond donors (Lipinski definition) is 0. The van der Waals surface area contributed by atoms with Crippen LogP contribution in [0.3, 0.4) is 0 Å². The van der Waals surface area contributed by atoms with Crippen molar-refractivity contribution in [3.8, 4) is 0 Å². The molecule has 138 valence electrons. The molecule has 1 aliphatic heterocycles. The Balaban J connectivity index is 1.68. The topological polar surface area (TPSA) is 57.7 Å². The molecule has 4 rings (SSSR count). The van der Waals surface area contributed by atoms with Crippen LogP contribution in [0.1, 0.15) is 31.1 Å². The summed E-state index contributed by atoms with van der Waals surface area (Å²) in [4.78, 5) is 40.4. The lowest BCUT2D eigenvalue weighted by Crippen LogP contribution is -2.30. The number of anilines is 2. The molecule has 1 heterocycles. The molecule has 0 aromatic heterocycles. The maximum absolute atomic E-state index is 14.0. The molecule has 3 aromatic carbocycles. The molecule has 0 saturated heterocycles. The third kappa shape index (κ3) is 2.75. The summed E-state index contributed by atoms with van der Waals surface area (Å²) >= 11 is 0. The van der Waals surface area contributed by atoms with E-state index in [0.29, 0.717) is 16.8 Å². The third-order valence-corrected chi connectivity index (χ3v) is 4.66. The van der Waals surface area contributed by atoms with Crippen LogP contribution in [0.4, 0.5) is 15.8 Å². The smallest absolute Gasteiger partial charge is 0.266 e. The lowest BCUT2D eigenvalue weighted by molar-refractivity contribution is 0.0923. The fourth-order valence-corrected chi connectivity index (χ4v) is 3.23. The van der Waals surface area contributed by atoms with Gasteiger partial charge in [0.1, 0.15) is 5.82 Å². The lowest BCUT2D eigenvalue weighted by atomic mass is 10.1. The molecule has 0 spiro atoms. The number of carbonyl (C=O) groups is 3. The van der Waals surface area contributed by atoms with E-state index in [2.05, 4.69) is 0 Å². The number of imide groups is 1. The Bertz CT molecular complexity index is 1090. The number of nitrogens with zero attached hydrogens (tertiary/aromatic N) is 2.